The largest absolute Gasteiger partial charge is 0.397 e. The lowest BCUT2D eigenvalue weighted by molar-refractivity contribution is 0.226. The second-order valence-corrected chi connectivity index (χ2v) is 8.43. The van der Waals surface area contributed by atoms with Crippen molar-refractivity contribution in [3.63, 3.8) is 0 Å². The van der Waals surface area contributed by atoms with E-state index in [4.69, 9.17) is 5.73 Å². The Bertz CT molecular complexity index is 886. The summed E-state index contributed by atoms with van der Waals surface area (Å²) in [5, 5.41) is 0. The standard InChI is InChI=1S/C24H29F2N3/c1-16-3-4-20-13-22(26)14-23(27)24(20)29(16)17(2)15-28-11-9-19(10-12-28)18-5-7-21(25)8-6-18/h5-8,13-14,16,19H,2-4,9-12,15,27H2,1H3. The van der Waals surface area contributed by atoms with Gasteiger partial charge in [0, 0.05) is 18.3 Å². The van der Waals surface area contributed by atoms with E-state index in [-0.39, 0.29) is 11.6 Å². The van der Waals surface area contributed by atoms with Crippen molar-refractivity contribution in [3.8, 4) is 0 Å². The molecule has 3 nitrogen and oxygen atoms in total. The van der Waals surface area contributed by atoms with E-state index < -0.39 is 0 Å². The van der Waals surface area contributed by atoms with Crippen LogP contribution in [0.4, 0.5) is 20.2 Å². The molecule has 5 heteroatoms. The monoisotopic (exact) mass is 397 g/mol. The number of anilines is 2. The van der Waals surface area contributed by atoms with Gasteiger partial charge in [-0.2, -0.15) is 0 Å². The number of likely N-dealkylation sites (tertiary alicyclic amines) is 1. The third kappa shape index (κ3) is 4.15. The van der Waals surface area contributed by atoms with Crippen molar-refractivity contribution in [2.45, 2.75) is 44.6 Å². The summed E-state index contributed by atoms with van der Waals surface area (Å²) in [4.78, 5) is 4.63. The molecule has 0 aromatic heterocycles. The molecule has 1 saturated heterocycles. The number of fused-ring (bicyclic) bond motifs is 1. The Labute approximate surface area is 171 Å². The molecule has 1 atom stereocenters. The smallest absolute Gasteiger partial charge is 0.125 e. The van der Waals surface area contributed by atoms with E-state index in [1.54, 1.807) is 18.2 Å². The molecule has 0 radical (unpaired) electrons. The van der Waals surface area contributed by atoms with Gasteiger partial charge in [-0.25, -0.2) is 8.78 Å². The van der Waals surface area contributed by atoms with Crippen molar-refractivity contribution in [1.82, 2.24) is 4.90 Å². The molecule has 0 aliphatic carbocycles. The van der Waals surface area contributed by atoms with Crippen molar-refractivity contribution in [2.75, 3.05) is 30.3 Å². The molecular weight excluding hydrogens is 368 g/mol. The number of halogens is 2. The molecule has 2 aliphatic heterocycles. The summed E-state index contributed by atoms with van der Waals surface area (Å²) in [5.41, 5.74) is 10.8. The fourth-order valence-corrected chi connectivity index (χ4v) is 4.84. The number of rotatable bonds is 4. The Morgan fingerprint density at radius 2 is 1.76 bits per heavy atom. The number of benzene rings is 2. The molecule has 0 spiro atoms. The van der Waals surface area contributed by atoms with E-state index in [0.717, 1.165) is 62.3 Å². The summed E-state index contributed by atoms with van der Waals surface area (Å²) in [6.07, 6.45) is 3.91. The van der Waals surface area contributed by atoms with E-state index in [1.165, 1.54) is 11.6 Å². The fourth-order valence-electron chi connectivity index (χ4n) is 4.84. The van der Waals surface area contributed by atoms with Crippen LogP contribution in [0.5, 0.6) is 0 Å². The Kier molecular flexibility index (Phi) is 5.59. The molecule has 2 aromatic carbocycles. The van der Waals surface area contributed by atoms with Gasteiger partial charge in [0.15, 0.2) is 0 Å². The quantitative estimate of drug-likeness (QED) is 0.730. The van der Waals surface area contributed by atoms with Crippen LogP contribution in [0.15, 0.2) is 48.7 Å². The van der Waals surface area contributed by atoms with Crippen LogP contribution in [0.25, 0.3) is 0 Å². The lowest BCUT2D eigenvalue weighted by Crippen LogP contribution is -2.42. The zero-order valence-corrected chi connectivity index (χ0v) is 17.0. The summed E-state index contributed by atoms with van der Waals surface area (Å²) in [7, 11) is 0. The molecule has 29 heavy (non-hydrogen) atoms. The van der Waals surface area contributed by atoms with Crippen molar-refractivity contribution in [1.29, 1.82) is 0 Å². The third-order valence-corrected chi connectivity index (χ3v) is 6.37. The predicted octanol–water partition coefficient (Wildman–Crippen LogP) is 5.08. The molecule has 2 aromatic rings. The minimum Gasteiger partial charge on any atom is -0.397 e. The number of hydrogen-bond acceptors (Lipinski definition) is 3. The van der Waals surface area contributed by atoms with Gasteiger partial charge in [-0.1, -0.05) is 18.7 Å². The summed E-state index contributed by atoms with van der Waals surface area (Å²) >= 11 is 0. The van der Waals surface area contributed by atoms with E-state index >= 15 is 0 Å². The number of piperidine rings is 1. The molecule has 1 fully saturated rings. The highest BCUT2D eigenvalue weighted by atomic mass is 19.1. The summed E-state index contributed by atoms with van der Waals surface area (Å²) in [5.74, 6) is 0.0233. The molecule has 1 unspecified atom stereocenters. The van der Waals surface area contributed by atoms with Gasteiger partial charge < -0.3 is 10.6 Å². The van der Waals surface area contributed by atoms with Gasteiger partial charge in [0.25, 0.3) is 0 Å². The second kappa shape index (κ2) is 8.15. The van der Waals surface area contributed by atoms with Gasteiger partial charge in [-0.3, -0.25) is 4.90 Å². The summed E-state index contributed by atoms with van der Waals surface area (Å²) in [6.45, 7) is 9.28. The molecular formula is C24H29F2N3. The predicted molar refractivity (Wildman–Crippen MR) is 115 cm³/mol. The molecule has 0 bridgehead atoms. The number of hydrogen-bond donors (Lipinski definition) is 1. The maximum Gasteiger partial charge on any atom is 0.125 e. The number of aryl methyl sites for hydroxylation is 1. The van der Waals surface area contributed by atoms with Crippen LogP contribution in [-0.2, 0) is 6.42 Å². The van der Waals surface area contributed by atoms with Crippen molar-refractivity contribution >= 4 is 11.4 Å². The van der Waals surface area contributed by atoms with E-state index in [9.17, 15) is 8.78 Å². The van der Waals surface area contributed by atoms with Crippen LogP contribution in [0.1, 0.15) is 43.2 Å². The second-order valence-electron chi connectivity index (χ2n) is 8.43. The van der Waals surface area contributed by atoms with Gasteiger partial charge in [-0.05, 0) is 87.0 Å². The normalized spacial score (nSPS) is 20.5. The summed E-state index contributed by atoms with van der Waals surface area (Å²) < 4.78 is 27.0. The average Bonchev–Trinajstić information content (AvgIpc) is 2.69. The van der Waals surface area contributed by atoms with E-state index in [2.05, 4.69) is 23.3 Å². The zero-order valence-electron chi connectivity index (χ0n) is 17.0. The molecule has 2 heterocycles. The van der Waals surface area contributed by atoms with Crippen LogP contribution in [0, 0.1) is 11.6 Å². The topological polar surface area (TPSA) is 32.5 Å². The van der Waals surface area contributed by atoms with E-state index in [1.807, 2.05) is 12.1 Å². The summed E-state index contributed by atoms with van der Waals surface area (Å²) in [6, 6.07) is 10.2. The number of nitrogens with zero attached hydrogens (tertiary/aromatic N) is 2. The molecule has 154 valence electrons. The van der Waals surface area contributed by atoms with Crippen molar-refractivity contribution < 1.29 is 8.78 Å². The molecule has 2 N–H and O–H groups in total. The molecule has 0 saturated carbocycles. The first-order valence-corrected chi connectivity index (χ1v) is 10.4. The van der Waals surface area contributed by atoms with Gasteiger partial charge in [0.1, 0.15) is 11.6 Å². The van der Waals surface area contributed by atoms with E-state index in [0.29, 0.717) is 17.6 Å². The lowest BCUT2D eigenvalue weighted by atomic mass is 9.89. The molecule has 2 aliphatic rings. The first-order valence-electron chi connectivity index (χ1n) is 10.4. The molecule has 0 amide bonds. The highest BCUT2D eigenvalue weighted by Gasteiger charge is 2.29. The van der Waals surface area contributed by atoms with Crippen LogP contribution in [0.2, 0.25) is 0 Å². The highest BCUT2D eigenvalue weighted by molar-refractivity contribution is 5.75. The van der Waals surface area contributed by atoms with Gasteiger partial charge >= 0.3 is 0 Å². The highest BCUT2D eigenvalue weighted by Crippen LogP contribution is 2.39. The Morgan fingerprint density at radius 3 is 2.45 bits per heavy atom. The Balaban J connectivity index is 1.42. The van der Waals surface area contributed by atoms with Crippen LogP contribution >= 0.6 is 0 Å². The minimum atomic E-state index is -0.274. The van der Waals surface area contributed by atoms with Crippen LogP contribution in [0.3, 0.4) is 0 Å². The maximum atomic E-state index is 13.8. The first kappa shape index (κ1) is 19.9. The van der Waals surface area contributed by atoms with Crippen molar-refractivity contribution in [3.05, 3.63) is 71.4 Å². The number of nitrogens with two attached hydrogens (primary N) is 1. The fraction of sp³-hybridized carbons (Fsp3) is 0.417. The van der Waals surface area contributed by atoms with Crippen molar-refractivity contribution in [2.24, 2.45) is 0 Å². The zero-order chi connectivity index (χ0) is 20.5. The SMILES string of the molecule is C=C(CN1CCC(c2ccc(F)cc2)CC1)N1c2c(N)cc(F)cc2CCC1C. The van der Waals surface area contributed by atoms with Gasteiger partial charge in [0.2, 0.25) is 0 Å². The first-order chi connectivity index (χ1) is 13.9. The minimum absolute atomic E-state index is 0.183. The lowest BCUT2D eigenvalue weighted by Gasteiger charge is -2.41. The van der Waals surface area contributed by atoms with Crippen LogP contribution in [-0.4, -0.2) is 30.6 Å². The molecule has 4 rings (SSSR count). The maximum absolute atomic E-state index is 13.8. The Hall–Kier alpha value is -2.40. The van der Waals surface area contributed by atoms with Gasteiger partial charge in [-0.15, -0.1) is 0 Å². The average molecular weight is 398 g/mol. The Morgan fingerprint density at radius 1 is 1.07 bits per heavy atom. The number of nitrogen functional groups attached to an aromatic ring is 1. The third-order valence-electron chi connectivity index (χ3n) is 6.37. The van der Waals surface area contributed by atoms with Gasteiger partial charge in [0.05, 0.1) is 11.4 Å². The van der Waals surface area contributed by atoms with Crippen LogP contribution < -0.4 is 10.6 Å².